The molecule has 0 fully saturated rings. The zero-order valence-corrected chi connectivity index (χ0v) is 10.1. The molecule has 0 radical (unpaired) electrons. The Balaban J connectivity index is 2.98. The Hall–Kier alpha value is -1.76. The first kappa shape index (κ1) is 12.3. The Kier molecular flexibility index (Phi) is 4.59. The molecule has 0 aliphatic carbocycles. The lowest BCUT2D eigenvalue weighted by Crippen LogP contribution is -1.87. The summed E-state index contributed by atoms with van der Waals surface area (Å²) < 4.78 is 0. The molecule has 1 N–H and O–H groups in total. The molecule has 1 aromatic carbocycles. The van der Waals surface area contributed by atoms with Crippen molar-refractivity contribution in [1.29, 1.82) is 0 Å². The molecule has 84 valence electrons. The lowest BCUT2D eigenvalue weighted by Gasteiger charge is -2.03. The Morgan fingerprint density at radius 3 is 2.31 bits per heavy atom. The van der Waals surface area contributed by atoms with Crippen LogP contribution in [0.1, 0.15) is 26.3 Å². The first-order valence-corrected chi connectivity index (χ1v) is 5.41. The number of aliphatic hydroxyl groups is 1. The van der Waals surface area contributed by atoms with E-state index in [1.807, 2.05) is 63.3 Å². The highest BCUT2D eigenvalue weighted by Gasteiger charge is 1.99. The zero-order chi connectivity index (χ0) is 12.0. The van der Waals surface area contributed by atoms with Gasteiger partial charge in [-0.2, -0.15) is 0 Å². The van der Waals surface area contributed by atoms with Gasteiger partial charge in [0.15, 0.2) is 0 Å². The molecule has 0 bridgehead atoms. The molecule has 0 amide bonds. The van der Waals surface area contributed by atoms with Crippen molar-refractivity contribution in [2.24, 2.45) is 0 Å². The molecule has 16 heavy (non-hydrogen) atoms. The van der Waals surface area contributed by atoms with Crippen molar-refractivity contribution in [1.82, 2.24) is 0 Å². The predicted molar refractivity (Wildman–Crippen MR) is 70.2 cm³/mol. The number of allylic oxidation sites excluding steroid dienone is 4. The second-order valence-electron chi connectivity index (χ2n) is 3.75. The molecular weight excluding hydrogens is 196 g/mol. The molecule has 0 spiro atoms. The highest BCUT2D eigenvalue weighted by molar-refractivity contribution is 5.56. The van der Waals surface area contributed by atoms with Crippen LogP contribution in [-0.2, 0) is 0 Å². The maximum atomic E-state index is 9.94. The second-order valence-corrected chi connectivity index (χ2v) is 3.75. The Bertz CT molecular complexity index is 422. The highest BCUT2D eigenvalue weighted by Crippen LogP contribution is 2.16. The van der Waals surface area contributed by atoms with Gasteiger partial charge < -0.3 is 5.11 Å². The van der Waals surface area contributed by atoms with Crippen molar-refractivity contribution < 1.29 is 5.11 Å². The third-order valence-electron chi connectivity index (χ3n) is 2.50. The maximum absolute atomic E-state index is 9.94. The first-order chi connectivity index (χ1) is 7.65. The maximum Gasteiger partial charge on any atom is 0.119 e. The van der Waals surface area contributed by atoms with Gasteiger partial charge in [0, 0.05) is 0 Å². The molecule has 0 unspecified atom stereocenters. The molecule has 0 saturated heterocycles. The molecule has 1 nitrogen and oxygen atoms in total. The third-order valence-corrected chi connectivity index (χ3v) is 2.50. The summed E-state index contributed by atoms with van der Waals surface area (Å²) in [4.78, 5) is 0. The molecule has 0 aromatic heterocycles. The van der Waals surface area contributed by atoms with E-state index in [1.54, 1.807) is 6.08 Å². The first-order valence-electron chi connectivity index (χ1n) is 5.41. The van der Waals surface area contributed by atoms with Crippen LogP contribution < -0.4 is 0 Å². The third kappa shape index (κ3) is 3.43. The summed E-state index contributed by atoms with van der Waals surface area (Å²) >= 11 is 0. The standard InChI is InChI=1S/C15H18O/c1-4-8-12(2)13(3)15(16)11-14-9-6-5-7-10-14/h4-11,16H,1-3H3. The van der Waals surface area contributed by atoms with E-state index in [4.69, 9.17) is 0 Å². The van der Waals surface area contributed by atoms with E-state index < -0.39 is 0 Å². The summed E-state index contributed by atoms with van der Waals surface area (Å²) in [5.41, 5.74) is 2.99. The summed E-state index contributed by atoms with van der Waals surface area (Å²) in [6.45, 7) is 5.88. The molecule has 0 aliphatic heterocycles. The summed E-state index contributed by atoms with van der Waals surface area (Å²) in [6.07, 6.45) is 5.74. The summed E-state index contributed by atoms with van der Waals surface area (Å²) in [6, 6.07) is 9.80. The minimum Gasteiger partial charge on any atom is -0.508 e. The average molecular weight is 214 g/mol. The lowest BCUT2D eigenvalue weighted by atomic mass is 10.1. The van der Waals surface area contributed by atoms with Crippen LogP contribution in [-0.4, -0.2) is 5.11 Å². The SMILES string of the molecule is CC=CC(C)=C(C)C(O)=Cc1ccccc1. The van der Waals surface area contributed by atoms with Crippen LogP contribution in [0.25, 0.3) is 6.08 Å². The van der Waals surface area contributed by atoms with Crippen LogP contribution >= 0.6 is 0 Å². The largest absolute Gasteiger partial charge is 0.508 e. The van der Waals surface area contributed by atoms with Crippen molar-refractivity contribution >= 4 is 6.08 Å². The lowest BCUT2D eigenvalue weighted by molar-refractivity contribution is 0.428. The molecular formula is C15H18O. The second kappa shape index (κ2) is 5.96. The predicted octanol–water partition coefficient (Wildman–Crippen LogP) is 4.50. The van der Waals surface area contributed by atoms with Gasteiger partial charge in [-0.05, 0) is 43.6 Å². The van der Waals surface area contributed by atoms with Gasteiger partial charge in [-0.25, -0.2) is 0 Å². The van der Waals surface area contributed by atoms with E-state index in [0.717, 1.165) is 16.7 Å². The van der Waals surface area contributed by atoms with Crippen molar-refractivity contribution in [3.63, 3.8) is 0 Å². The van der Waals surface area contributed by atoms with Gasteiger partial charge in [0.2, 0.25) is 0 Å². The number of rotatable bonds is 3. The van der Waals surface area contributed by atoms with Gasteiger partial charge >= 0.3 is 0 Å². The monoisotopic (exact) mass is 214 g/mol. The molecule has 1 aromatic rings. The Morgan fingerprint density at radius 2 is 1.75 bits per heavy atom. The molecule has 1 heteroatoms. The summed E-state index contributed by atoms with van der Waals surface area (Å²) in [5.74, 6) is 0.321. The highest BCUT2D eigenvalue weighted by atomic mass is 16.3. The van der Waals surface area contributed by atoms with Gasteiger partial charge in [-0.1, -0.05) is 42.5 Å². The molecule has 0 aliphatic rings. The van der Waals surface area contributed by atoms with E-state index in [1.165, 1.54) is 0 Å². The molecule has 0 saturated carbocycles. The van der Waals surface area contributed by atoms with Gasteiger partial charge in [0.1, 0.15) is 5.76 Å². The summed E-state index contributed by atoms with van der Waals surface area (Å²) in [5, 5.41) is 9.94. The zero-order valence-electron chi connectivity index (χ0n) is 10.1. The van der Waals surface area contributed by atoms with Crippen LogP contribution in [0, 0.1) is 0 Å². The van der Waals surface area contributed by atoms with Crippen LogP contribution in [0.15, 0.2) is 59.4 Å². The molecule has 0 heterocycles. The number of hydrogen-bond acceptors (Lipinski definition) is 1. The quantitative estimate of drug-likeness (QED) is 0.580. The van der Waals surface area contributed by atoms with E-state index >= 15 is 0 Å². The van der Waals surface area contributed by atoms with Crippen LogP contribution in [0.4, 0.5) is 0 Å². The van der Waals surface area contributed by atoms with Crippen molar-refractivity contribution in [2.45, 2.75) is 20.8 Å². The fraction of sp³-hybridized carbons (Fsp3) is 0.200. The normalized spacial score (nSPS) is 14.1. The molecule has 0 atom stereocenters. The summed E-state index contributed by atoms with van der Waals surface area (Å²) in [7, 11) is 0. The fourth-order valence-corrected chi connectivity index (χ4v) is 1.39. The minimum atomic E-state index is 0.321. The van der Waals surface area contributed by atoms with Crippen molar-refractivity contribution in [3.8, 4) is 0 Å². The van der Waals surface area contributed by atoms with E-state index in [9.17, 15) is 5.11 Å². The van der Waals surface area contributed by atoms with Gasteiger partial charge in [0.05, 0.1) is 0 Å². The van der Waals surface area contributed by atoms with Crippen molar-refractivity contribution in [2.75, 3.05) is 0 Å². The number of hydrogen-bond donors (Lipinski definition) is 1. The van der Waals surface area contributed by atoms with Gasteiger partial charge in [-0.3, -0.25) is 0 Å². The Morgan fingerprint density at radius 1 is 1.12 bits per heavy atom. The minimum absolute atomic E-state index is 0.321. The number of aliphatic hydroxyl groups excluding tert-OH is 1. The Labute approximate surface area is 97.4 Å². The van der Waals surface area contributed by atoms with Gasteiger partial charge in [0.25, 0.3) is 0 Å². The smallest absolute Gasteiger partial charge is 0.119 e. The average Bonchev–Trinajstić information content (AvgIpc) is 2.29. The topological polar surface area (TPSA) is 20.2 Å². The van der Waals surface area contributed by atoms with Gasteiger partial charge in [-0.15, -0.1) is 0 Å². The van der Waals surface area contributed by atoms with Crippen molar-refractivity contribution in [3.05, 3.63) is 65.0 Å². The molecule has 1 rings (SSSR count). The van der Waals surface area contributed by atoms with E-state index in [0.29, 0.717) is 5.76 Å². The van der Waals surface area contributed by atoms with Crippen LogP contribution in [0.5, 0.6) is 0 Å². The van der Waals surface area contributed by atoms with Crippen LogP contribution in [0.2, 0.25) is 0 Å². The van der Waals surface area contributed by atoms with E-state index in [2.05, 4.69) is 0 Å². The van der Waals surface area contributed by atoms with Crippen LogP contribution in [0.3, 0.4) is 0 Å². The number of benzene rings is 1. The van der Waals surface area contributed by atoms with E-state index in [-0.39, 0.29) is 0 Å². The fourth-order valence-electron chi connectivity index (χ4n) is 1.39.